The topological polar surface area (TPSA) is 523 Å². The van der Waals surface area contributed by atoms with Crippen molar-refractivity contribution in [2.45, 2.75) is 180 Å². The molecule has 0 saturated heterocycles. The summed E-state index contributed by atoms with van der Waals surface area (Å²) in [5.74, 6) is -2.41. The van der Waals surface area contributed by atoms with Crippen LogP contribution in [0.3, 0.4) is 0 Å². The Labute approximate surface area is 710 Å². The molecule has 4 aliphatic rings. The first-order chi connectivity index (χ1) is 59.4. The van der Waals surface area contributed by atoms with E-state index in [1.807, 2.05) is 135 Å². The second kappa shape index (κ2) is 48.5. The van der Waals surface area contributed by atoms with Crippen LogP contribution in [0.15, 0.2) is 165 Å². The molecule has 4 aromatic carbocycles. The fourth-order valence-electron chi connectivity index (χ4n) is 14.1. The molecule has 4 atom stereocenters. The van der Waals surface area contributed by atoms with E-state index in [1.54, 1.807) is 43.2 Å². The molecule has 0 radical (unpaired) electrons. The predicted molar refractivity (Wildman–Crippen MR) is 452 cm³/mol. The summed E-state index contributed by atoms with van der Waals surface area (Å²) in [6.07, 6.45) is 16.4. The fraction of sp³-hybridized carbons (Fsp3) is 0.376. The van der Waals surface area contributed by atoms with Gasteiger partial charge in [-0.25, -0.2) is 65.8 Å². The van der Waals surface area contributed by atoms with Crippen molar-refractivity contribution in [3.8, 4) is 0 Å². The number of anilines is 4. The number of aryl methyl sites for hydroxylation is 2. The van der Waals surface area contributed by atoms with Gasteiger partial charge in [0.05, 0.1) is 25.7 Å². The molecule has 38 nitrogen and oxygen atoms in total. The molecule has 123 heavy (non-hydrogen) atoms. The Balaban J connectivity index is 0.000000186. The van der Waals surface area contributed by atoms with E-state index in [4.69, 9.17) is 0 Å². The van der Waals surface area contributed by atoms with E-state index < -0.39 is 72.2 Å². The van der Waals surface area contributed by atoms with Crippen molar-refractivity contribution in [1.82, 2.24) is 92.9 Å². The molecular formula is C85H106N22O16. The molecule has 4 unspecified atom stereocenters. The largest absolute Gasteiger partial charge is 0.481 e. The number of hydrogen-bond donors (Lipinski definition) is 17. The zero-order chi connectivity index (χ0) is 87.8. The van der Waals surface area contributed by atoms with Gasteiger partial charge < -0.3 is 66.3 Å². The first-order valence-corrected chi connectivity index (χ1v) is 40.5. The third-order valence-corrected chi connectivity index (χ3v) is 20.3. The average Bonchev–Trinajstić information content (AvgIpc) is 1.16. The number of amides is 12. The van der Waals surface area contributed by atoms with Crippen LogP contribution in [0.25, 0.3) is 0 Å². The van der Waals surface area contributed by atoms with Gasteiger partial charge >= 0.3 is 48.0 Å². The summed E-state index contributed by atoms with van der Waals surface area (Å²) < 4.78 is 0. The van der Waals surface area contributed by atoms with Gasteiger partial charge in [0.15, 0.2) is 5.95 Å². The summed E-state index contributed by atoms with van der Waals surface area (Å²) in [4.78, 5) is 173. The van der Waals surface area contributed by atoms with Crippen LogP contribution in [0, 0.1) is 13.8 Å². The van der Waals surface area contributed by atoms with Crippen molar-refractivity contribution in [2.24, 2.45) is 0 Å². The minimum Gasteiger partial charge on any atom is -0.481 e. The molecule has 4 aliphatic heterocycles. The van der Waals surface area contributed by atoms with Gasteiger partial charge in [-0.1, -0.05) is 103 Å². The van der Waals surface area contributed by atoms with Crippen LogP contribution in [0.1, 0.15) is 146 Å². The Morgan fingerprint density at radius 1 is 0.350 bits per heavy atom. The van der Waals surface area contributed by atoms with E-state index in [-0.39, 0.29) is 81.5 Å². The molecule has 38 heteroatoms. The number of aliphatic carboxylic acids is 4. The van der Waals surface area contributed by atoms with Gasteiger partial charge in [0.2, 0.25) is 29.6 Å². The number of carbonyl (C=O) groups is 12. The summed E-state index contributed by atoms with van der Waals surface area (Å²) in [7, 11) is 0. The zero-order valence-corrected chi connectivity index (χ0v) is 68.5. The molecule has 0 fully saturated rings. The molecule has 12 amide bonds. The van der Waals surface area contributed by atoms with Crippen molar-refractivity contribution in [1.29, 1.82) is 0 Å². The van der Waals surface area contributed by atoms with Crippen LogP contribution < -0.4 is 64.7 Å². The quantitative estimate of drug-likeness (QED) is 0.0151. The van der Waals surface area contributed by atoms with E-state index in [0.717, 1.165) is 80.7 Å². The number of aromatic nitrogens is 6. The number of fused-ring (bicyclic) bond motifs is 4. The Bertz CT molecular complexity index is 4870. The number of imidazole rings is 1. The maximum Gasteiger partial charge on any atom is 0.336 e. The minimum atomic E-state index is -0.975. The number of hydrazine groups is 4. The molecule has 0 saturated carbocycles. The molecule has 8 heterocycles. The van der Waals surface area contributed by atoms with Crippen molar-refractivity contribution >= 4 is 95.2 Å². The Hall–Kier alpha value is -14.5. The summed E-state index contributed by atoms with van der Waals surface area (Å²) in [5, 5.41) is 49.3. The van der Waals surface area contributed by atoms with E-state index in [2.05, 4.69) is 94.6 Å². The zero-order valence-electron chi connectivity index (χ0n) is 68.5. The van der Waals surface area contributed by atoms with Gasteiger partial charge in [-0.05, 0) is 158 Å². The lowest BCUT2D eigenvalue weighted by Gasteiger charge is -2.36. The van der Waals surface area contributed by atoms with Crippen molar-refractivity contribution < 1.29 is 78.0 Å². The van der Waals surface area contributed by atoms with Gasteiger partial charge in [0.1, 0.15) is 11.6 Å². The van der Waals surface area contributed by atoms with E-state index >= 15 is 0 Å². The van der Waals surface area contributed by atoms with Crippen LogP contribution >= 0.6 is 0 Å². The van der Waals surface area contributed by atoms with E-state index in [1.165, 1.54) is 19.6 Å². The number of hydrogen-bond acceptors (Lipinski definition) is 21. The van der Waals surface area contributed by atoms with Crippen LogP contribution in [0.4, 0.5) is 42.7 Å². The standard InChI is InChI=1S/C23H29N5O4.C21H26N6O4.C21H25N5O4.C20H26N6O4/c1-16-7-6-12-25-22(16)24-11-5-4-10-20(29)26-27-23(32)28-15-18-9-3-2-8-17(18)13-19(28)14-21(30)31;28-18(8-3-4-9-22-20-23-10-5-11-24-20)25-26-21(31)27-14-16-7-2-1-6-15(16)12-17(27)13-19(29)30;1-14-6-8-22-18(10-14)23-9-7-19(27)24-25-21(30)26-13-16-5-3-2-4-15(16)11-17(26)12-20(28)29;27-17(7-3-4-8-21-19-22-9-10-23-19)24-25-20(30)26-13-15-6-2-1-5-14(15)11-16(26)12-18(28)29/h2-3,6-9,12,19H,4-5,10-11,13-15H2,1H3,(H,24,25)(H,26,29)(H,27,32)(H,30,31);1-2,5-7,10-11,17H,3-4,8-9,12-14H2,(H,25,28)(H,26,31)(H,29,30)(H,22,23,24);2-6,8,10,17H,7,9,11-13H2,1H3,(H,22,23)(H,24,27)(H,25,30)(H,28,29);1-2,5-6,9-10,16H,3-4,7-8,11-13H2,(H,24,27)(H,25,30)(H,28,29)(H2,21,22,23). The number of carboxylic acid groups (broad SMARTS) is 4. The highest BCUT2D eigenvalue weighted by molar-refractivity contribution is 5.85. The maximum absolute atomic E-state index is 12.7. The molecule has 12 rings (SSSR count). The highest BCUT2D eigenvalue weighted by Crippen LogP contribution is 2.30. The molecule has 0 aliphatic carbocycles. The number of nitrogens with zero attached hydrogens (tertiary/aromatic N) is 9. The number of benzene rings is 4. The van der Waals surface area contributed by atoms with E-state index in [0.29, 0.717) is 108 Å². The molecule has 17 N–H and O–H groups in total. The number of carbonyl (C=O) groups excluding carboxylic acids is 8. The average molecular weight is 1690 g/mol. The first-order valence-electron chi connectivity index (χ1n) is 40.5. The van der Waals surface area contributed by atoms with Gasteiger partial charge in [-0.15, -0.1) is 0 Å². The number of H-pyrrole nitrogens is 1. The van der Waals surface area contributed by atoms with Crippen molar-refractivity contribution in [3.05, 3.63) is 220 Å². The molecule has 652 valence electrons. The van der Waals surface area contributed by atoms with Gasteiger partial charge in [0.25, 0.3) is 0 Å². The number of pyridine rings is 2. The summed E-state index contributed by atoms with van der Waals surface area (Å²) in [6, 6.07) is 36.0. The normalized spacial score (nSPS) is 15.0. The van der Waals surface area contributed by atoms with Crippen LogP contribution in [0.2, 0.25) is 0 Å². The van der Waals surface area contributed by atoms with Crippen LogP contribution in [0.5, 0.6) is 0 Å². The Morgan fingerprint density at radius 3 is 1.07 bits per heavy atom. The number of aromatic amines is 1. The van der Waals surface area contributed by atoms with Gasteiger partial charge in [0, 0.05) is 139 Å². The number of urea groups is 4. The minimum absolute atomic E-state index is 0.136. The fourth-order valence-corrected chi connectivity index (χ4v) is 14.1. The van der Waals surface area contributed by atoms with Crippen LogP contribution in [-0.4, -0.2) is 192 Å². The molecular weight excluding hydrogens is 1590 g/mol. The highest BCUT2D eigenvalue weighted by Gasteiger charge is 2.36. The first kappa shape index (κ1) is 92.4. The predicted octanol–water partition coefficient (Wildman–Crippen LogP) is 7.78. The third-order valence-electron chi connectivity index (χ3n) is 20.3. The monoisotopic (exact) mass is 1690 g/mol. The molecule has 4 aromatic heterocycles. The van der Waals surface area contributed by atoms with Crippen molar-refractivity contribution in [2.75, 3.05) is 47.4 Å². The third kappa shape index (κ3) is 31.3. The van der Waals surface area contributed by atoms with E-state index in [9.17, 15) is 78.0 Å². The Kier molecular flexibility index (Phi) is 36.5. The molecule has 8 aromatic rings. The molecule has 0 spiro atoms. The second-order valence-electron chi connectivity index (χ2n) is 29.5. The smallest absolute Gasteiger partial charge is 0.336 e. The van der Waals surface area contributed by atoms with Gasteiger partial charge in [-0.3, -0.25) is 60.1 Å². The van der Waals surface area contributed by atoms with Gasteiger partial charge in [-0.2, -0.15) is 0 Å². The SMILES string of the molecule is Cc1cccnc1NCCCCC(=O)NNC(=O)N1Cc2ccccc2CC1CC(=O)O.Cc1ccnc(NCCC(=O)NNC(=O)N2Cc3ccccc3CC2CC(=O)O)c1.O=C(O)CC1Cc2ccccc2CN1C(=O)NNC(=O)CCCCNc1ncc[nH]1.O=C(O)CC1Cc2ccccc2CN1C(=O)NNC(=O)CCCCNc1ncccn1. The molecule has 0 bridgehead atoms. The number of carboxylic acids is 4. The highest BCUT2D eigenvalue weighted by atomic mass is 16.4. The lowest BCUT2D eigenvalue weighted by Crippen LogP contribution is -2.54. The Morgan fingerprint density at radius 2 is 0.707 bits per heavy atom. The summed E-state index contributed by atoms with van der Waals surface area (Å²) >= 11 is 0. The number of nitrogens with one attached hydrogen (secondary N) is 13. The number of rotatable bonds is 30. The van der Waals surface area contributed by atoms with Crippen LogP contribution in [-0.2, 0) is 90.2 Å². The summed E-state index contributed by atoms with van der Waals surface area (Å²) in [5.41, 5.74) is 29.5. The second-order valence-corrected chi connectivity index (χ2v) is 29.5. The lowest BCUT2D eigenvalue weighted by molar-refractivity contribution is -0.139. The number of unbranched alkanes of at least 4 members (excludes halogenated alkanes) is 3. The summed E-state index contributed by atoms with van der Waals surface area (Å²) in [6.45, 7) is 7.48. The lowest BCUT2D eigenvalue weighted by atomic mass is 9.92. The maximum atomic E-state index is 12.7. The van der Waals surface area contributed by atoms with Crippen molar-refractivity contribution in [3.63, 3.8) is 0 Å².